The van der Waals surface area contributed by atoms with Crippen LogP contribution in [-0.4, -0.2) is 60.0 Å². The number of likely N-dealkylation sites (N-methyl/N-ethyl adjacent to an activating group) is 1. The van der Waals surface area contributed by atoms with Gasteiger partial charge in [-0.05, 0) is 35.9 Å². The molecule has 1 aliphatic rings. The molecule has 0 bridgehead atoms. The molecule has 0 aliphatic carbocycles. The van der Waals surface area contributed by atoms with Gasteiger partial charge in [-0.25, -0.2) is 0 Å². The molecule has 3 aromatic rings. The summed E-state index contributed by atoms with van der Waals surface area (Å²) >= 11 is 0. The van der Waals surface area contributed by atoms with E-state index in [-0.39, 0.29) is 11.9 Å². The van der Waals surface area contributed by atoms with Crippen LogP contribution in [0.5, 0.6) is 0 Å². The third-order valence-electron chi connectivity index (χ3n) is 6.22. The van der Waals surface area contributed by atoms with E-state index in [1.54, 1.807) is 0 Å². The van der Waals surface area contributed by atoms with Crippen LogP contribution >= 0.6 is 0 Å². The van der Waals surface area contributed by atoms with Crippen molar-refractivity contribution in [2.45, 2.75) is 12.5 Å². The smallest absolute Gasteiger partial charge is 0.224 e. The van der Waals surface area contributed by atoms with Crippen LogP contribution < -0.4 is 5.32 Å². The van der Waals surface area contributed by atoms with Gasteiger partial charge in [-0.15, -0.1) is 0 Å². The highest BCUT2D eigenvalue weighted by Crippen LogP contribution is 2.22. The van der Waals surface area contributed by atoms with E-state index in [0.717, 1.165) is 31.7 Å². The molecule has 1 N–H and O–H groups in total. The average molecular weight is 417 g/mol. The SMILES string of the molecule is CN1CCN(C(CNC(=O)Cc2ccc(-c3ccccc3)cc2)c2cccn2C)CC1. The van der Waals surface area contributed by atoms with Crippen molar-refractivity contribution < 1.29 is 4.79 Å². The Morgan fingerprint density at radius 1 is 0.871 bits per heavy atom. The van der Waals surface area contributed by atoms with Gasteiger partial charge in [0, 0.05) is 51.7 Å². The van der Waals surface area contributed by atoms with Gasteiger partial charge in [-0.2, -0.15) is 0 Å². The van der Waals surface area contributed by atoms with Gasteiger partial charge >= 0.3 is 0 Å². The molecular weight excluding hydrogens is 384 g/mol. The number of carbonyl (C=O) groups is 1. The first-order valence-electron chi connectivity index (χ1n) is 11.0. The fourth-order valence-corrected chi connectivity index (χ4v) is 4.28. The number of aromatic nitrogens is 1. The van der Waals surface area contributed by atoms with E-state index < -0.39 is 0 Å². The van der Waals surface area contributed by atoms with Crippen molar-refractivity contribution in [1.29, 1.82) is 0 Å². The van der Waals surface area contributed by atoms with Crippen molar-refractivity contribution in [1.82, 2.24) is 19.7 Å². The fraction of sp³-hybridized carbons (Fsp3) is 0.346. The molecule has 0 spiro atoms. The highest BCUT2D eigenvalue weighted by Gasteiger charge is 2.25. The van der Waals surface area contributed by atoms with E-state index in [2.05, 4.69) is 88.5 Å². The van der Waals surface area contributed by atoms with E-state index in [1.165, 1.54) is 16.8 Å². The van der Waals surface area contributed by atoms with Crippen LogP contribution in [0.4, 0.5) is 0 Å². The highest BCUT2D eigenvalue weighted by atomic mass is 16.1. The Morgan fingerprint density at radius 3 is 2.19 bits per heavy atom. The summed E-state index contributed by atoms with van der Waals surface area (Å²) < 4.78 is 2.16. The van der Waals surface area contributed by atoms with Crippen LogP contribution in [0, 0.1) is 0 Å². The number of hydrogen-bond donors (Lipinski definition) is 1. The number of amides is 1. The monoisotopic (exact) mass is 416 g/mol. The number of benzene rings is 2. The molecule has 1 saturated heterocycles. The Morgan fingerprint density at radius 2 is 1.55 bits per heavy atom. The predicted molar refractivity (Wildman–Crippen MR) is 126 cm³/mol. The number of nitrogens with zero attached hydrogens (tertiary/aromatic N) is 3. The molecule has 1 unspecified atom stereocenters. The molecule has 0 saturated carbocycles. The number of rotatable bonds is 7. The molecule has 1 atom stereocenters. The Hall–Kier alpha value is -2.89. The number of nitrogens with one attached hydrogen (secondary N) is 1. The van der Waals surface area contributed by atoms with Crippen molar-refractivity contribution in [3.05, 3.63) is 84.2 Å². The maximum Gasteiger partial charge on any atom is 0.224 e. The van der Waals surface area contributed by atoms with Crippen molar-refractivity contribution in [2.24, 2.45) is 7.05 Å². The Labute approximate surface area is 185 Å². The van der Waals surface area contributed by atoms with Crippen LogP contribution in [0.15, 0.2) is 72.9 Å². The highest BCUT2D eigenvalue weighted by molar-refractivity contribution is 5.79. The largest absolute Gasteiger partial charge is 0.354 e. The fourth-order valence-electron chi connectivity index (χ4n) is 4.28. The summed E-state index contributed by atoms with van der Waals surface area (Å²) in [7, 11) is 4.24. The summed E-state index contributed by atoms with van der Waals surface area (Å²) in [6, 6.07) is 23.0. The van der Waals surface area contributed by atoms with Crippen molar-refractivity contribution in [3.8, 4) is 11.1 Å². The summed E-state index contributed by atoms with van der Waals surface area (Å²) in [6.45, 7) is 4.78. The molecule has 2 aromatic carbocycles. The van der Waals surface area contributed by atoms with Crippen LogP contribution in [0.25, 0.3) is 11.1 Å². The molecule has 1 fully saturated rings. The van der Waals surface area contributed by atoms with Crippen molar-refractivity contribution in [2.75, 3.05) is 39.8 Å². The summed E-state index contributed by atoms with van der Waals surface area (Å²) in [6.07, 6.45) is 2.48. The minimum absolute atomic E-state index is 0.0702. The van der Waals surface area contributed by atoms with Crippen LogP contribution in [-0.2, 0) is 18.3 Å². The zero-order valence-corrected chi connectivity index (χ0v) is 18.5. The third kappa shape index (κ3) is 5.43. The van der Waals surface area contributed by atoms with Gasteiger partial charge in [0.25, 0.3) is 0 Å². The third-order valence-corrected chi connectivity index (χ3v) is 6.22. The van der Waals surface area contributed by atoms with Crippen LogP contribution in [0.3, 0.4) is 0 Å². The lowest BCUT2D eigenvalue weighted by atomic mass is 10.0. The van der Waals surface area contributed by atoms with Gasteiger partial charge in [0.15, 0.2) is 0 Å². The Balaban J connectivity index is 1.37. The normalized spacial score (nSPS) is 16.2. The number of aryl methyl sites for hydroxylation is 1. The standard InChI is InChI=1S/C26H32N4O/c1-28-15-17-30(18-16-28)25(24-9-6-14-29(24)2)20-27-26(31)19-21-10-12-23(13-11-21)22-7-4-3-5-8-22/h3-14,25H,15-20H2,1-2H3,(H,27,31). The molecular formula is C26H32N4O. The summed E-state index contributed by atoms with van der Waals surface area (Å²) in [5.41, 5.74) is 4.64. The Kier molecular flexibility index (Phi) is 6.85. The molecule has 1 aliphatic heterocycles. The van der Waals surface area contributed by atoms with Crippen LogP contribution in [0.2, 0.25) is 0 Å². The number of hydrogen-bond acceptors (Lipinski definition) is 3. The van der Waals surface area contributed by atoms with E-state index >= 15 is 0 Å². The number of piperazine rings is 1. The van der Waals surface area contributed by atoms with Gasteiger partial charge in [0.1, 0.15) is 0 Å². The molecule has 4 rings (SSSR count). The molecule has 31 heavy (non-hydrogen) atoms. The van der Waals surface area contributed by atoms with Gasteiger partial charge in [0.05, 0.1) is 12.5 Å². The lowest BCUT2D eigenvalue weighted by molar-refractivity contribution is -0.120. The second-order valence-electron chi connectivity index (χ2n) is 8.44. The minimum atomic E-state index is 0.0702. The second kappa shape index (κ2) is 9.94. The molecule has 1 aromatic heterocycles. The van der Waals surface area contributed by atoms with E-state index in [4.69, 9.17) is 0 Å². The zero-order chi connectivity index (χ0) is 21.6. The summed E-state index contributed by atoms with van der Waals surface area (Å²) in [5.74, 6) is 0.0702. The molecule has 5 nitrogen and oxygen atoms in total. The molecule has 1 amide bonds. The first-order valence-corrected chi connectivity index (χ1v) is 11.0. The topological polar surface area (TPSA) is 40.5 Å². The first kappa shape index (κ1) is 21.3. The van der Waals surface area contributed by atoms with E-state index in [9.17, 15) is 4.79 Å². The zero-order valence-electron chi connectivity index (χ0n) is 18.5. The lowest BCUT2D eigenvalue weighted by Gasteiger charge is -2.38. The summed E-state index contributed by atoms with van der Waals surface area (Å²) in [5, 5.41) is 3.19. The first-order chi connectivity index (χ1) is 15.1. The predicted octanol–water partition coefficient (Wildman–Crippen LogP) is 3.34. The maximum atomic E-state index is 12.7. The van der Waals surface area contributed by atoms with Gasteiger partial charge in [0.2, 0.25) is 5.91 Å². The quantitative estimate of drug-likeness (QED) is 0.642. The summed E-state index contributed by atoms with van der Waals surface area (Å²) in [4.78, 5) is 17.6. The Bertz CT molecular complexity index is 972. The molecule has 5 heteroatoms. The molecule has 162 valence electrons. The molecule has 0 radical (unpaired) electrons. The molecule has 2 heterocycles. The van der Waals surface area contributed by atoms with Crippen LogP contribution in [0.1, 0.15) is 17.3 Å². The van der Waals surface area contributed by atoms with Gasteiger partial charge in [-0.1, -0.05) is 54.6 Å². The average Bonchev–Trinajstić information content (AvgIpc) is 3.22. The van der Waals surface area contributed by atoms with Gasteiger partial charge in [-0.3, -0.25) is 9.69 Å². The number of carbonyl (C=O) groups excluding carboxylic acids is 1. The van der Waals surface area contributed by atoms with E-state index in [0.29, 0.717) is 13.0 Å². The second-order valence-corrected chi connectivity index (χ2v) is 8.44. The van der Waals surface area contributed by atoms with E-state index in [1.807, 2.05) is 18.2 Å². The maximum absolute atomic E-state index is 12.7. The van der Waals surface area contributed by atoms with Crippen molar-refractivity contribution in [3.63, 3.8) is 0 Å². The van der Waals surface area contributed by atoms with Gasteiger partial charge < -0.3 is 14.8 Å². The van der Waals surface area contributed by atoms with Crippen molar-refractivity contribution >= 4 is 5.91 Å². The lowest BCUT2D eigenvalue weighted by Crippen LogP contribution is -2.49. The minimum Gasteiger partial charge on any atom is -0.354 e.